The predicted molar refractivity (Wildman–Crippen MR) is 77.3 cm³/mol. The minimum absolute atomic E-state index is 0.276. The Labute approximate surface area is 116 Å². The minimum atomic E-state index is -0.359. The Morgan fingerprint density at radius 2 is 1.80 bits per heavy atom. The third-order valence-electron chi connectivity index (χ3n) is 3.35. The van der Waals surface area contributed by atoms with Gasteiger partial charge in [-0.15, -0.1) is 0 Å². The van der Waals surface area contributed by atoms with E-state index >= 15 is 0 Å². The van der Waals surface area contributed by atoms with Crippen LogP contribution in [0.25, 0.3) is 10.8 Å². The summed E-state index contributed by atoms with van der Waals surface area (Å²) in [5.41, 5.74) is 4.46. The normalized spacial score (nSPS) is 12.5. The Balaban J connectivity index is 2.14. The van der Waals surface area contributed by atoms with Gasteiger partial charge in [0, 0.05) is 0 Å². The summed E-state index contributed by atoms with van der Waals surface area (Å²) in [6.07, 6.45) is 1.20. The van der Waals surface area contributed by atoms with Crippen molar-refractivity contribution in [3.63, 3.8) is 0 Å². The minimum Gasteiger partial charge on any atom is -0.271 e. The lowest BCUT2D eigenvalue weighted by Crippen LogP contribution is -2.29. The molecule has 1 heterocycles. The van der Waals surface area contributed by atoms with Gasteiger partial charge in [0.05, 0.1) is 17.9 Å². The number of nitrogens with zero attached hydrogens (tertiary/aromatic N) is 1. The number of halogens is 1. The van der Waals surface area contributed by atoms with Gasteiger partial charge in [-0.2, -0.15) is 0 Å². The van der Waals surface area contributed by atoms with Crippen LogP contribution in [0.3, 0.4) is 0 Å². The Morgan fingerprint density at radius 3 is 2.55 bits per heavy atom. The molecule has 3 aromatic rings. The molecule has 20 heavy (non-hydrogen) atoms. The molecule has 1 unspecified atom stereocenters. The fourth-order valence-corrected chi connectivity index (χ4v) is 2.39. The number of aromatic nitrogens is 1. The lowest BCUT2D eigenvalue weighted by molar-refractivity contribution is 0.598. The third-order valence-corrected chi connectivity index (χ3v) is 3.35. The maximum atomic E-state index is 13.0. The molecular formula is C16H14FN3. The summed E-state index contributed by atoms with van der Waals surface area (Å²) in [6.45, 7) is 0. The SMILES string of the molecule is NNC(c1ccc(F)cn1)c1cccc2ccccc12. The Hall–Kier alpha value is -2.30. The number of nitrogens with one attached hydrogen (secondary N) is 1. The van der Waals surface area contributed by atoms with E-state index < -0.39 is 0 Å². The summed E-state index contributed by atoms with van der Waals surface area (Å²) in [7, 11) is 0. The van der Waals surface area contributed by atoms with Crippen LogP contribution in [0.4, 0.5) is 4.39 Å². The van der Waals surface area contributed by atoms with Crippen LogP contribution in [0.2, 0.25) is 0 Å². The molecule has 2 aromatic carbocycles. The number of benzene rings is 2. The Kier molecular flexibility index (Phi) is 3.41. The number of pyridine rings is 1. The molecule has 0 aliphatic rings. The second-order valence-electron chi connectivity index (χ2n) is 4.57. The van der Waals surface area contributed by atoms with Gasteiger partial charge >= 0.3 is 0 Å². The zero-order valence-corrected chi connectivity index (χ0v) is 10.8. The van der Waals surface area contributed by atoms with Gasteiger partial charge in [0.15, 0.2) is 0 Å². The van der Waals surface area contributed by atoms with Gasteiger partial charge in [-0.05, 0) is 28.5 Å². The zero-order chi connectivity index (χ0) is 13.9. The van der Waals surface area contributed by atoms with Crippen molar-refractivity contribution in [2.24, 2.45) is 5.84 Å². The van der Waals surface area contributed by atoms with Crippen LogP contribution in [0.15, 0.2) is 60.8 Å². The van der Waals surface area contributed by atoms with E-state index in [-0.39, 0.29) is 11.9 Å². The first-order chi connectivity index (χ1) is 9.79. The number of hydrogen-bond acceptors (Lipinski definition) is 3. The molecule has 100 valence electrons. The van der Waals surface area contributed by atoms with Crippen LogP contribution < -0.4 is 11.3 Å². The number of rotatable bonds is 3. The molecular weight excluding hydrogens is 253 g/mol. The molecule has 0 fully saturated rings. The largest absolute Gasteiger partial charge is 0.271 e. The van der Waals surface area contributed by atoms with Crippen molar-refractivity contribution in [1.82, 2.24) is 10.4 Å². The molecule has 0 saturated heterocycles. The summed E-state index contributed by atoms with van der Waals surface area (Å²) in [5.74, 6) is 5.32. The Morgan fingerprint density at radius 1 is 1.00 bits per heavy atom. The van der Waals surface area contributed by atoms with Crippen LogP contribution in [0.5, 0.6) is 0 Å². The molecule has 4 heteroatoms. The second kappa shape index (κ2) is 5.36. The maximum Gasteiger partial charge on any atom is 0.141 e. The van der Waals surface area contributed by atoms with Gasteiger partial charge in [-0.25, -0.2) is 9.82 Å². The topological polar surface area (TPSA) is 50.9 Å². The van der Waals surface area contributed by atoms with E-state index in [2.05, 4.69) is 10.4 Å². The van der Waals surface area contributed by atoms with Crippen molar-refractivity contribution in [2.75, 3.05) is 0 Å². The van der Waals surface area contributed by atoms with Gasteiger partial charge in [-0.3, -0.25) is 10.8 Å². The van der Waals surface area contributed by atoms with Crippen molar-refractivity contribution in [1.29, 1.82) is 0 Å². The van der Waals surface area contributed by atoms with Gasteiger partial charge in [0.2, 0.25) is 0 Å². The van der Waals surface area contributed by atoms with Crippen LogP contribution in [-0.2, 0) is 0 Å². The number of hydrazine groups is 1. The lowest BCUT2D eigenvalue weighted by Gasteiger charge is -2.18. The Bertz CT molecular complexity index is 720. The molecule has 0 amide bonds. The zero-order valence-electron chi connectivity index (χ0n) is 10.8. The summed E-state index contributed by atoms with van der Waals surface area (Å²) >= 11 is 0. The predicted octanol–water partition coefficient (Wildman–Crippen LogP) is 2.93. The van der Waals surface area contributed by atoms with E-state index in [0.29, 0.717) is 5.69 Å². The van der Waals surface area contributed by atoms with Crippen molar-refractivity contribution < 1.29 is 4.39 Å². The van der Waals surface area contributed by atoms with E-state index in [0.717, 1.165) is 16.3 Å². The molecule has 1 aromatic heterocycles. The molecule has 0 aliphatic carbocycles. The maximum absolute atomic E-state index is 13.0. The van der Waals surface area contributed by atoms with Crippen molar-refractivity contribution in [3.8, 4) is 0 Å². The van der Waals surface area contributed by atoms with Crippen molar-refractivity contribution in [2.45, 2.75) is 6.04 Å². The number of nitrogens with two attached hydrogens (primary N) is 1. The van der Waals surface area contributed by atoms with Crippen molar-refractivity contribution >= 4 is 10.8 Å². The fraction of sp³-hybridized carbons (Fsp3) is 0.0625. The lowest BCUT2D eigenvalue weighted by atomic mass is 9.97. The van der Waals surface area contributed by atoms with Gasteiger partial charge in [-0.1, -0.05) is 42.5 Å². The first kappa shape index (κ1) is 12.7. The second-order valence-corrected chi connectivity index (χ2v) is 4.57. The van der Waals surface area contributed by atoms with E-state index in [1.165, 1.54) is 12.3 Å². The highest BCUT2D eigenvalue weighted by molar-refractivity contribution is 5.86. The van der Waals surface area contributed by atoms with Crippen molar-refractivity contribution in [3.05, 3.63) is 77.9 Å². The highest BCUT2D eigenvalue weighted by Crippen LogP contribution is 2.27. The smallest absolute Gasteiger partial charge is 0.141 e. The summed E-state index contributed by atoms with van der Waals surface area (Å²) < 4.78 is 13.0. The molecule has 0 bridgehead atoms. The van der Waals surface area contributed by atoms with Gasteiger partial charge < -0.3 is 0 Å². The molecule has 0 radical (unpaired) electrons. The van der Waals surface area contributed by atoms with E-state index in [1.807, 2.05) is 42.5 Å². The highest BCUT2D eigenvalue weighted by atomic mass is 19.1. The molecule has 3 rings (SSSR count). The highest BCUT2D eigenvalue weighted by Gasteiger charge is 2.16. The van der Waals surface area contributed by atoms with Crippen LogP contribution in [0.1, 0.15) is 17.3 Å². The quantitative estimate of drug-likeness (QED) is 0.566. The monoisotopic (exact) mass is 267 g/mol. The standard InChI is InChI=1S/C16H14FN3/c17-12-8-9-15(19-10-12)16(20-18)14-7-3-5-11-4-1-2-6-13(11)14/h1-10,16,20H,18H2. The number of hydrogen-bond donors (Lipinski definition) is 2. The molecule has 0 spiro atoms. The van der Waals surface area contributed by atoms with Crippen LogP contribution in [0, 0.1) is 5.82 Å². The molecule has 3 N–H and O–H groups in total. The van der Waals surface area contributed by atoms with Crippen LogP contribution in [-0.4, -0.2) is 4.98 Å². The number of fused-ring (bicyclic) bond motifs is 1. The fourth-order valence-electron chi connectivity index (χ4n) is 2.39. The average Bonchev–Trinajstić information content (AvgIpc) is 2.50. The summed E-state index contributed by atoms with van der Waals surface area (Å²) in [6, 6.07) is 16.8. The molecule has 1 atom stereocenters. The van der Waals surface area contributed by atoms with Crippen LogP contribution >= 0.6 is 0 Å². The van der Waals surface area contributed by atoms with Gasteiger partial charge in [0.1, 0.15) is 5.82 Å². The third kappa shape index (κ3) is 2.27. The van der Waals surface area contributed by atoms with E-state index in [4.69, 9.17) is 5.84 Å². The summed E-state index contributed by atoms with van der Waals surface area (Å²) in [4.78, 5) is 4.12. The summed E-state index contributed by atoms with van der Waals surface area (Å²) in [5, 5.41) is 2.23. The van der Waals surface area contributed by atoms with E-state index in [1.54, 1.807) is 6.07 Å². The molecule has 3 nitrogen and oxygen atoms in total. The first-order valence-electron chi connectivity index (χ1n) is 6.35. The van der Waals surface area contributed by atoms with E-state index in [9.17, 15) is 4.39 Å². The average molecular weight is 267 g/mol. The first-order valence-corrected chi connectivity index (χ1v) is 6.35. The molecule has 0 aliphatic heterocycles. The molecule has 0 saturated carbocycles. The van der Waals surface area contributed by atoms with Gasteiger partial charge in [0.25, 0.3) is 0 Å².